The van der Waals surface area contributed by atoms with Gasteiger partial charge in [-0.15, -0.1) is 0 Å². The molecule has 0 bridgehead atoms. The van der Waals surface area contributed by atoms with E-state index in [9.17, 15) is 4.79 Å². The summed E-state index contributed by atoms with van der Waals surface area (Å²) in [5.41, 5.74) is 4.61. The molecule has 1 amide bonds. The minimum absolute atomic E-state index is 0.0648. The van der Waals surface area contributed by atoms with Crippen LogP contribution in [-0.2, 0) is 14.3 Å². The number of hydrogen-bond donors (Lipinski definition) is 1. The Morgan fingerprint density at radius 3 is 2.47 bits per heavy atom. The van der Waals surface area contributed by atoms with Crippen LogP contribution in [0.25, 0.3) is 0 Å². The minimum atomic E-state index is -1.23. The lowest BCUT2D eigenvalue weighted by molar-refractivity contribution is -0.164. The van der Waals surface area contributed by atoms with E-state index in [-0.39, 0.29) is 12.0 Å². The fourth-order valence-corrected chi connectivity index (χ4v) is 1.62. The van der Waals surface area contributed by atoms with Crippen molar-refractivity contribution in [3.05, 3.63) is 0 Å². The van der Waals surface area contributed by atoms with Crippen LogP contribution in [0.15, 0.2) is 0 Å². The first-order valence-corrected chi connectivity index (χ1v) is 5.27. The fourth-order valence-electron chi connectivity index (χ4n) is 1.62. The van der Waals surface area contributed by atoms with Gasteiger partial charge < -0.3 is 14.4 Å². The summed E-state index contributed by atoms with van der Waals surface area (Å²) in [5, 5.41) is 0. The normalized spacial score (nSPS) is 21.5. The van der Waals surface area contributed by atoms with Crippen LogP contribution in [0.2, 0.25) is 0 Å². The molecule has 2 N–H and O–H groups in total. The predicted molar refractivity (Wildman–Crippen MR) is 56.2 cm³/mol. The third-order valence-electron chi connectivity index (χ3n) is 2.20. The van der Waals surface area contributed by atoms with Gasteiger partial charge in [0, 0.05) is 13.1 Å². The predicted octanol–water partition coefficient (Wildman–Crippen LogP) is -0.0549. The van der Waals surface area contributed by atoms with Crippen LogP contribution in [0.4, 0.5) is 0 Å². The Bertz CT molecular complexity index is 223. The largest absolute Gasteiger partial charge is 0.378 e. The highest BCUT2D eigenvalue weighted by Crippen LogP contribution is 2.11. The van der Waals surface area contributed by atoms with Crippen molar-refractivity contribution >= 4 is 5.91 Å². The second-order valence-corrected chi connectivity index (χ2v) is 4.18. The van der Waals surface area contributed by atoms with Gasteiger partial charge >= 0.3 is 0 Å². The number of nitrogens with zero attached hydrogens (tertiary/aromatic N) is 1. The van der Waals surface area contributed by atoms with E-state index in [4.69, 9.17) is 15.2 Å². The van der Waals surface area contributed by atoms with Crippen LogP contribution in [0.5, 0.6) is 0 Å². The summed E-state index contributed by atoms with van der Waals surface area (Å²) in [6.07, 6.45) is -0.0648. The highest BCUT2D eigenvalue weighted by atomic mass is 16.5. The standard InChI is InChI=1S/C10H20N2O3/c1-8(2)15-10(3,11)9(13)12-4-6-14-7-5-12/h8H,4-7,11H2,1-3H3/t10-/m0/s1. The molecule has 0 spiro atoms. The van der Waals surface area contributed by atoms with E-state index >= 15 is 0 Å². The first-order chi connectivity index (χ1) is 6.93. The number of hydrogen-bond acceptors (Lipinski definition) is 4. The molecule has 0 aliphatic carbocycles. The lowest BCUT2D eigenvalue weighted by Crippen LogP contribution is -2.58. The Kier molecular flexibility index (Phi) is 4.07. The molecule has 0 saturated carbocycles. The third-order valence-corrected chi connectivity index (χ3v) is 2.20. The number of rotatable bonds is 3. The second kappa shape index (κ2) is 4.92. The first-order valence-electron chi connectivity index (χ1n) is 5.27. The Labute approximate surface area is 90.5 Å². The van der Waals surface area contributed by atoms with Crippen molar-refractivity contribution in [1.82, 2.24) is 4.90 Å². The van der Waals surface area contributed by atoms with Crippen LogP contribution in [0, 0.1) is 0 Å². The van der Waals surface area contributed by atoms with Gasteiger partial charge in [0.15, 0.2) is 5.72 Å². The van der Waals surface area contributed by atoms with Gasteiger partial charge in [-0.2, -0.15) is 0 Å². The molecular weight excluding hydrogens is 196 g/mol. The molecule has 1 aliphatic heterocycles. The van der Waals surface area contributed by atoms with Crippen LogP contribution in [-0.4, -0.2) is 48.9 Å². The number of amides is 1. The summed E-state index contributed by atoms with van der Waals surface area (Å²) in [6.45, 7) is 7.65. The van der Waals surface area contributed by atoms with E-state index in [1.807, 2.05) is 13.8 Å². The number of ether oxygens (including phenoxy) is 2. The highest BCUT2D eigenvalue weighted by molar-refractivity contribution is 5.84. The van der Waals surface area contributed by atoms with E-state index < -0.39 is 5.72 Å². The minimum Gasteiger partial charge on any atom is -0.378 e. The summed E-state index contributed by atoms with van der Waals surface area (Å²) in [5.74, 6) is -0.167. The van der Waals surface area contributed by atoms with Crippen molar-refractivity contribution < 1.29 is 14.3 Å². The van der Waals surface area contributed by atoms with Crippen LogP contribution in [0.1, 0.15) is 20.8 Å². The van der Waals surface area contributed by atoms with Gasteiger partial charge in [0.1, 0.15) is 0 Å². The molecule has 5 nitrogen and oxygen atoms in total. The Balaban J connectivity index is 2.56. The van der Waals surface area contributed by atoms with Crippen molar-refractivity contribution in [1.29, 1.82) is 0 Å². The van der Waals surface area contributed by atoms with Gasteiger partial charge in [0.05, 0.1) is 19.3 Å². The maximum atomic E-state index is 12.0. The lowest BCUT2D eigenvalue weighted by Gasteiger charge is -2.34. The van der Waals surface area contributed by atoms with Gasteiger partial charge in [-0.3, -0.25) is 10.5 Å². The van der Waals surface area contributed by atoms with Crippen LogP contribution < -0.4 is 5.73 Å². The fraction of sp³-hybridized carbons (Fsp3) is 0.900. The molecule has 88 valence electrons. The van der Waals surface area contributed by atoms with Crippen molar-refractivity contribution in [2.75, 3.05) is 26.3 Å². The van der Waals surface area contributed by atoms with Gasteiger partial charge in [-0.25, -0.2) is 0 Å². The average molecular weight is 216 g/mol. The Hall–Kier alpha value is -0.650. The zero-order valence-electron chi connectivity index (χ0n) is 9.66. The smallest absolute Gasteiger partial charge is 0.269 e. The summed E-state index contributed by atoms with van der Waals surface area (Å²) in [4.78, 5) is 13.7. The van der Waals surface area contributed by atoms with Crippen molar-refractivity contribution in [3.8, 4) is 0 Å². The van der Waals surface area contributed by atoms with Crippen molar-refractivity contribution in [3.63, 3.8) is 0 Å². The molecule has 1 aliphatic rings. The SMILES string of the molecule is CC(C)O[C@](C)(N)C(=O)N1CCOCC1. The molecule has 1 heterocycles. The van der Waals surface area contributed by atoms with E-state index in [0.717, 1.165) is 0 Å². The zero-order chi connectivity index (χ0) is 11.5. The molecule has 0 unspecified atom stereocenters. The molecule has 1 fully saturated rings. The van der Waals surface area contributed by atoms with Gasteiger partial charge in [-0.05, 0) is 20.8 Å². The second-order valence-electron chi connectivity index (χ2n) is 4.18. The lowest BCUT2D eigenvalue weighted by atomic mass is 10.2. The molecule has 1 atom stereocenters. The van der Waals surface area contributed by atoms with Crippen molar-refractivity contribution in [2.24, 2.45) is 5.73 Å². The van der Waals surface area contributed by atoms with Gasteiger partial charge in [-0.1, -0.05) is 0 Å². The number of carbonyl (C=O) groups is 1. The molecule has 1 saturated heterocycles. The summed E-state index contributed by atoms with van der Waals surface area (Å²) in [7, 11) is 0. The first kappa shape index (κ1) is 12.4. The van der Waals surface area contributed by atoms with Crippen molar-refractivity contribution in [2.45, 2.75) is 32.6 Å². The third kappa shape index (κ3) is 3.44. The molecule has 1 rings (SSSR count). The number of carbonyl (C=O) groups excluding carboxylic acids is 1. The number of nitrogens with two attached hydrogens (primary N) is 1. The Morgan fingerprint density at radius 2 is 2.00 bits per heavy atom. The Morgan fingerprint density at radius 1 is 1.47 bits per heavy atom. The summed E-state index contributed by atoms with van der Waals surface area (Å²) in [6, 6.07) is 0. The topological polar surface area (TPSA) is 64.8 Å². The molecular formula is C10H20N2O3. The van der Waals surface area contributed by atoms with Crippen LogP contribution in [0.3, 0.4) is 0 Å². The van der Waals surface area contributed by atoms with E-state index in [2.05, 4.69) is 0 Å². The summed E-state index contributed by atoms with van der Waals surface area (Å²) >= 11 is 0. The number of morpholine rings is 1. The monoisotopic (exact) mass is 216 g/mol. The molecule has 15 heavy (non-hydrogen) atoms. The maximum Gasteiger partial charge on any atom is 0.269 e. The molecule has 0 aromatic rings. The van der Waals surface area contributed by atoms with E-state index in [1.54, 1.807) is 11.8 Å². The molecule has 0 aromatic carbocycles. The molecule has 0 aromatic heterocycles. The van der Waals surface area contributed by atoms with Gasteiger partial charge in [0.25, 0.3) is 5.91 Å². The van der Waals surface area contributed by atoms with E-state index in [1.165, 1.54) is 0 Å². The molecule has 5 heteroatoms. The van der Waals surface area contributed by atoms with Gasteiger partial charge in [0.2, 0.25) is 0 Å². The molecule has 0 radical (unpaired) electrons. The quantitative estimate of drug-likeness (QED) is 0.671. The summed E-state index contributed by atoms with van der Waals surface area (Å²) < 4.78 is 10.6. The zero-order valence-corrected chi connectivity index (χ0v) is 9.66. The highest BCUT2D eigenvalue weighted by Gasteiger charge is 2.35. The van der Waals surface area contributed by atoms with E-state index in [0.29, 0.717) is 26.3 Å². The van der Waals surface area contributed by atoms with Crippen LogP contribution >= 0.6 is 0 Å². The average Bonchev–Trinajstić information content (AvgIpc) is 2.16. The maximum absolute atomic E-state index is 12.0.